The van der Waals surface area contributed by atoms with Gasteiger partial charge in [-0.05, 0) is 0 Å². The van der Waals surface area contributed by atoms with E-state index < -0.39 is 20.7 Å². The Bertz CT molecular complexity index is 213. The van der Waals surface area contributed by atoms with Gasteiger partial charge in [-0.2, -0.15) is 8.42 Å². The minimum absolute atomic E-state index is 0. The molecule has 0 spiro atoms. The maximum absolute atomic E-state index is 8.97. The van der Waals surface area contributed by atoms with Crippen LogP contribution in [0.1, 0.15) is 0 Å². The summed E-state index contributed by atoms with van der Waals surface area (Å²) in [5.41, 5.74) is 0. The van der Waals surface area contributed by atoms with E-state index in [-0.39, 0.29) is 16.5 Å². The van der Waals surface area contributed by atoms with Gasteiger partial charge in [-0.25, -0.2) is 5.14 Å². The Morgan fingerprint density at radius 2 is 1.09 bits per heavy atom. The van der Waals surface area contributed by atoms with Gasteiger partial charge in [0.15, 0.2) is 0 Å². The summed E-state index contributed by atoms with van der Waals surface area (Å²) in [4.78, 5) is 0. The molecular weight excluding hydrogens is 249 g/mol. The Labute approximate surface area is 73.2 Å². The zero-order valence-electron chi connectivity index (χ0n) is 4.61. The molecule has 0 fully saturated rings. The van der Waals surface area contributed by atoms with Crippen molar-refractivity contribution < 1.29 is 47.0 Å². The van der Waals surface area contributed by atoms with Gasteiger partial charge in [0.25, 0.3) is 0 Å². The third-order valence-electron chi connectivity index (χ3n) is 0. The first-order valence-electron chi connectivity index (χ1n) is 1.42. The van der Waals surface area contributed by atoms with Crippen molar-refractivity contribution >= 4 is 20.7 Å². The fraction of sp³-hybridized carbons (Fsp3) is 0. The molecule has 72 valence electrons. The van der Waals surface area contributed by atoms with Gasteiger partial charge < -0.3 is 9.11 Å². The van der Waals surface area contributed by atoms with Crippen LogP contribution in [0.2, 0.25) is 0 Å². The van der Waals surface area contributed by atoms with Crippen molar-refractivity contribution in [3.8, 4) is 0 Å². The summed E-state index contributed by atoms with van der Waals surface area (Å²) in [6.45, 7) is 0. The second-order valence-corrected chi connectivity index (χ2v) is 2.77. The van der Waals surface area contributed by atoms with Crippen molar-refractivity contribution in [1.29, 1.82) is 0 Å². The van der Waals surface area contributed by atoms with E-state index in [2.05, 4.69) is 5.14 Å². The van der Waals surface area contributed by atoms with Crippen LogP contribution in [-0.2, 0) is 37.2 Å². The minimum Gasteiger partial charge on any atom is -0.759 e. The molecule has 0 unspecified atom stereocenters. The molecule has 11 heavy (non-hydrogen) atoms. The second-order valence-electron chi connectivity index (χ2n) is 0.923. The van der Waals surface area contributed by atoms with Crippen LogP contribution in [0, 0.1) is 0 Å². The van der Waals surface area contributed by atoms with Gasteiger partial charge in [0.2, 0.25) is 0 Å². The maximum Gasteiger partial charge on any atom is 2.00 e. The van der Waals surface area contributed by atoms with E-state index in [1.54, 1.807) is 0 Å². The first kappa shape index (κ1) is 17.4. The average molecular weight is 252 g/mol. The van der Waals surface area contributed by atoms with E-state index in [9.17, 15) is 0 Å². The fourth-order valence-electron chi connectivity index (χ4n) is 0. The molecule has 3 N–H and O–H groups in total. The summed E-state index contributed by atoms with van der Waals surface area (Å²) < 4.78 is 59.3. The van der Waals surface area contributed by atoms with E-state index in [1.165, 1.54) is 0 Å². The molecular formula is H3NNiO7S2. The quantitative estimate of drug-likeness (QED) is 0.271. The summed E-state index contributed by atoms with van der Waals surface area (Å²) in [6.07, 6.45) is 0. The summed E-state index contributed by atoms with van der Waals surface area (Å²) in [6, 6.07) is 0. The Hall–Kier alpha value is 0.234. The van der Waals surface area contributed by atoms with Crippen LogP contribution in [0.15, 0.2) is 0 Å². The minimum atomic E-state index is -5.17. The topological polar surface area (TPSA) is 161 Å². The van der Waals surface area contributed by atoms with Gasteiger partial charge in [-0.15, -0.1) is 0 Å². The monoisotopic (exact) mass is 251 g/mol. The van der Waals surface area contributed by atoms with Crippen LogP contribution >= 0.6 is 0 Å². The Balaban J connectivity index is -0.000000107. The third kappa shape index (κ3) is 12700. The van der Waals surface area contributed by atoms with Crippen molar-refractivity contribution in [1.82, 2.24) is 0 Å². The predicted molar refractivity (Wildman–Crippen MR) is 26.2 cm³/mol. The fourth-order valence-corrected chi connectivity index (χ4v) is 0. The van der Waals surface area contributed by atoms with Crippen molar-refractivity contribution in [3.63, 3.8) is 0 Å². The number of hydrogen-bond donors (Lipinski definition) is 2. The van der Waals surface area contributed by atoms with Gasteiger partial charge >= 0.3 is 26.8 Å². The first-order valence-corrected chi connectivity index (χ1v) is 4.25. The molecule has 0 aromatic carbocycles. The van der Waals surface area contributed by atoms with E-state index in [4.69, 9.17) is 30.5 Å². The Kier molecular flexibility index (Phi) is 9.20. The summed E-state index contributed by atoms with van der Waals surface area (Å²) in [5.74, 6) is 0. The van der Waals surface area contributed by atoms with Gasteiger partial charge in [0, 0.05) is 10.4 Å². The second kappa shape index (κ2) is 5.83. The Morgan fingerprint density at radius 1 is 1.09 bits per heavy atom. The van der Waals surface area contributed by atoms with E-state index in [0.29, 0.717) is 0 Å². The van der Waals surface area contributed by atoms with E-state index >= 15 is 0 Å². The molecule has 0 atom stereocenters. The zero-order chi connectivity index (χ0) is 9.00. The molecule has 8 nitrogen and oxygen atoms in total. The summed E-state index contributed by atoms with van der Waals surface area (Å²) in [5, 5.41) is 3.88. The molecule has 0 aliphatic rings. The van der Waals surface area contributed by atoms with Crippen molar-refractivity contribution in [2.45, 2.75) is 0 Å². The van der Waals surface area contributed by atoms with Crippen molar-refractivity contribution in [2.24, 2.45) is 5.14 Å². The van der Waals surface area contributed by atoms with Crippen LogP contribution in [0.5, 0.6) is 0 Å². The summed E-state index contributed by atoms with van der Waals surface area (Å²) >= 11 is 0. The van der Waals surface area contributed by atoms with Crippen molar-refractivity contribution in [2.75, 3.05) is 0 Å². The number of nitrogens with two attached hydrogens (primary N) is 1. The van der Waals surface area contributed by atoms with Gasteiger partial charge in [0.1, 0.15) is 0 Å². The number of hydrogen-bond acceptors (Lipinski definition) is 6. The molecule has 0 bridgehead atoms. The molecule has 0 aliphatic heterocycles. The largest absolute Gasteiger partial charge is 2.00 e. The van der Waals surface area contributed by atoms with Gasteiger partial charge in [0.05, 0.1) is 0 Å². The summed E-state index contributed by atoms with van der Waals surface area (Å²) in [7, 11) is -9.33. The first-order chi connectivity index (χ1) is 4.00. The van der Waals surface area contributed by atoms with E-state index in [1.807, 2.05) is 0 Å². The van der Waals surface area contributed by atoms with Crippen molar-refractivity contribution in [3.05, 3.63) is 0 Å². The zero-order valence-corrected chi connectivity index (χ0v) is 7.23. The molecule has 0 aromatic heterocycles. The van der Waals surface area contributed by atoms with Crippen LogP contribution in [0.4, 0.5) is 0 Å². The van der Waals surface area contributed by atoms with Gasteiger partial charge in [-0.3, -0.25) is 13.0 Å². The standard InChI is InChI=1S/H3NO3S.Ni.H2O4S/c1-5(2,3)4;;1-5(2,3)4/h(H3,1,2,3,4);;(H2,1,2,3,4)/q;+2;/p-2. The van der Waals surface area contributed by atoms with Crippen LogP contribution in [0.3, 0.4) is 0 Å². The molecule has 0 rings (SSSR count). The third-order valence-corrected chi connectivity index (χ3v) is 0. The smallest absolute Gasteiger partial charge is 0.759 e. The number of rotatable bonds is 0. The van der Waals surface area contributed by atoms with Crippen LogP contribution < -0.4 is 5.14 Å². The van der Waals surface area contributed by atoms with Crippen LogP contribution in [-0.4, -0.2) is 30.5 Å². The van der Waals surface area contributed by atoms with E-state index in [0.717, 1.165) is 0 Å². The molecule has 0 saturated carbocycles. The molecule has 0 radical (unpaired) electrons. The molecule has 0 aromatic rings. The molecule has 0 saturated heterocycles. The maximum atomic E-state index is 8.97. The average Bonchev–Trinajstić information content (AvgIpc) is 1.12. The molecule has 0 aliphatic carbocycles. The SMILES string of the molecule is NS(=O)(=O)O.O=S(=O)([O-])[O-].[Ni+2]. The molecule has 0 amide bonds. The Morgan fingerprint density at radius 3 is 1.09 bits per heavy atom. The molecule has 0 heterocycles. The molecule has 11 heteroatoms. The normalized spacial score (nSPS) is 10.5. The van der Waals surface area contributed by atoms with Gasteiger partial charge in [-0.1, -0.05) is 0 Å². The van der Waals surface area contributed by atoms with Crippen LogP contribution in [0.25, 0.3) is 0 Å². The predicted octanol–water partition coefficient (Wildman–Crippen LogP) is -2.59.